The second kappa shape index (κ2) is 7.33. The van der Waals surface area contributed by atoms with E-state index in [0.29, 0.717) is 0 Å². The van der Waals surface area contributed by atoms with Crippen LogP contribution in [0.4, 0.5) is 0 Å². The van der Waals surface area contributed by atoms with Crippen molar-refractivity contribution in [2.75, 3.05) is 12.3 Å². The van der Waals surface area contributed by atoms with E-state index in [1.165, 1.54) is 0 Å². The maximum Gasteiger partial charge on any atom is 0.237 e. The minimum atomic E-state index is -0.618. The fourth-order valence-corrected chi connectivity index (χ4v) is 2.38. The SMILES string of the molecule is CCNC(C)(CCCSc1ncccn1)C(N)=O. The lowest BCUT2D eigenvalue weighted by atomic mass is 9.95. The van der Waals surface area contributed by atoms with E-state index in [4.69, 9.17) is 5.73 Å². The van der Waals surface area contributed by atoms with Crippen molar-refractivity contribution in [3.8, 4) is 0 Å². The summed E-state index contributed by atoms with van der Waals surface area (Å²) in [6, 6.07) is 1.79. The molecule has 0 spiro atoms. The molecule has 5 nitrogen and oxygen atoms in total. The van der Waals surface area contributed by atoms with Crippen molar-refractivity contribution in [1.82, 2.24) is 15.3 Å². The molecule has 0 aromatic carbocycles. The summed E-state index contributed by atoms with van der Waals surface area (Å²) in [5.74, 6) is 0.573. The molecule has 1 rings (SSSR count). The predicted molar refractivity (Wildman–Crippen MR) is 73.3 cm³/mol. The summed E-state index contributed by atoms with van der Waals surface area (Å²) >= 11 is 1.59. The molecule has 18 heavy (non-hydrogen) atoms. The van der Waals surface area contributed by atoms with Crippen LogP contribution in [-0.4, -0.2) is 33.7 Å². The summed E-state index contributed by atoms with van der Waals surface area (Å²) in [7, 11) is 0. The molecule has 1 aromatic heterocycles. The number of likely N-dealkylation sites (N-methyl/N-ethyl adjacent to an activating group) is 1. The number of aromatic nitrogens is 2. The topological polar surface area (TPSA) is 80.9 Å². The van der Waals surface area contributed by atoms with Gasteiger partial charge >= 0.3 is 0 Å². The molecule has 1 atom stereocenters. The van der Waals surface area contributed by atoms with E-state index < -0.39 is 5.54 Å². The molecular formula is C12H20N4OS. The molecule has 1 amide bonds. The molecule has 1 aromatic rings. The summed E-state index contributed by atoms with van der Waals surface area (Å²) in [5, 5.41) is 3.91. The van der Waals surface area contributed by atoms with Gasteiger partial charge in [-0.15, -0.1) is 0 Å². The van der Waals surface area contributed by atoms with Crippen molar-refractivity contribution < 1.29 is 4.79 Å². The van der Waals surface area contributed by atoms with Crippen LogP contribution >= 0.6 is 11.8 Å². The van der Waals surface area contributed by atoms with Gasteiger partial charge in [0.15, 0.2) is 5.16 Å². The van der Waals surface area contributed by atoms with E-state index in [2.05, 4.69) is 15.3 Å². The molecular weight excluding hydrogens is 248 g/mol. The minimum absolute atomic E-state index is 0.301. The first-order valence-electron chi connectivity index (χ1n) is 6.03. The molecule has 0 aliphatic rings. The van der Waals surface area contributed by atoms with Gasteiger partial charge in [0, 0.05) is 18.1 Å². The van der Waals surface area contributed by atoms with Crippen molar-refractivity contribution >= 4 is 17.7 Å². The van der Waals surface area contributed by atoms with E-state index in [-0.39, 0.29) is 5.91 Å². The maximum absolute atomic E-state index is 11.4. The lowest BCUT2D eigenvalue weighted by Gasteiger charge is -2.26. The summed E-state index contributed by atoms with van der Waals surface area (Å²) in [5.41, 5.74) is 4.80. The van der Waals surface area contributed by atoms with E-state index >= 15 is 0 Å². The number of rotatable bonds is 8. The number of nitrogens with two attached hydrogens (primary N) is 1. The van der Waals surface area contributed by atoms with E-state index in [1.54, 1.807) is 30.2 Å². The van der Waals surface area contributed by atoms with Crippen LogP contribution in [0.25, 0.3) is 0 Å². The molecule has 3 N–H and O–H groups in total. The highest BCUT2D eigenvalue weighted by Gasteiger charge is 2.28. The van der Waals surface area contributed by atoms with Gasteiger partial charge in [-0.2, -0.15) is 0 Å². The Hall–Kier alpha value is -1.14. The number of primary amides is 1. The molecule has 1 unspecified atom stereocenters. The van der Waals surface area contributed by atoms with E-state index in [1.807, 2.05) is 13.8 Å². The Morgan fingerprint density at radius 3 is 2.72 bits per heavy atom. The van der Waals surface area contributed by atoms with Crippen molar-refractivity contribution in [2.24, 2.45) is 5.73 Å². The molecule has 0 aliphatic heterocycles. The lowest BCUT2D eigenvalue weighted by molar-refractivity contribution is -0.124. The third kappa shape index (κ3) is 4.62. The Labute approximate surface area is 112 Å². The average molecular weight is 268 g/mol. The highest BCUT2D eigenvalue weighted by atomic mass is 32.2. The lowest BCUT2D eigenvalue weighted by Crippen LogP contribution is -2.53. The highest BCUT2D eigenvalue weighted by molar-refractivity contribution is 7.99. The Morgan fingerprint density at radius 2 is 2.17 bits per heavy atom. The van der Waals surface area contributed by atoms with Gasteiger partial charge in [-0.25, -0.2) is 9.97 Å². The van der Waals surface area contributed by atoms with Gasteiger partial charge in [-0.3, -0.25) is 4.79 Å². The molecule has 0 fully saturated rings. The number of thioether (sulfide) groups is 1. The number of carbonyl (C=O) groups is 1. The fraction of sp³-hybridized carbons (Fsp3) is 0.583. The van der Waals surface area contributed by atoms with Crippen LogP contribution in [0.1, 0.15) is 26.7 Å². The molecule has 0 radical (unpaired) electrons. The second-order valence-electron chi connectivity index (χ2n) is 4.21. The monoisotopic (exact) mass is 268 g/mol. The van der Waals surface area contributed by atoms with Crippen molar-refractivity contribution in [3.05, 3.63) is 18.5 Å². The van der Waals surface area contributed by atoms with Gasteiger partial charge in [-0.05, 0) is 32.4 Å². The number of amides is 1. The first-order valence-corrected chi connectivity index (χ1v) is 7.02. The van der Waals surface area contributed by atoms with Gasteiger partial charge in [-0.1, -0.05) is 18.7 Å². The Morgan fingerprint density at radius 1 is 1.50 bits per heavy atom. The third-order valence-electron chi connectivity index (χ3n) is 2.71. The molecule has 0 saturated carbocycles. The number of nitrogens with one attached hydrogen (secondary N) is 1. The average Bonchev–Trinajstić information content (AvgIpc) is 2.36. The summed E-state index contributed by atoms with van der Waals surface area (Å²) in [6.45, 7) is 4.55. The molecule has 100 valence electrons. The second-order valence-corrected chi connectivity index (χ2v) is 5.27. The van der Waals surface area contributed by atoms with Crippen LogP contribution in [-0.2, 0) is 4.79 Å². The summed E-state index contributed by atoms with van der Waals surface area (Å²) in [4.78, 5) is 19.7. The minimum Gasteiger partial charge on any atom is -0.368 e. The van der Waals surface area contributed by atoms with Crippen molar-refractivity contribution in [3.63, 3.8) is 0 Å². The quantitative estimate of drug-likeness (QED) is 0.421. The fourth-order valence-electron chi connectivity index (χ4n) is 1.64. The highest BCUT2D eigenvalue weighted by Crippen LogP contribution is 2.18. The van der Waals surface area contributed by atoms with E-state index in [0.717, 1.165) is 30.3 Å². The largest absolute Gasteiger partial charge is 0.368 e. The molecule has 1 heterocycles. The predicted octanol–water partition coefficient (Wildman–Crippen LogP) is 1.20. The Balaban J connectivity index is 2.34. The van der Waals surface area contributed by atoms with Gasteiger partial charge in [0.05, 0.1) is 5.54 Å². The van der Waals surface area contributed by atoms with Crippen LogP contribution in [0, 0.1) is 0 Å². The Kier molecular flexibility index (Phi) is 6.07. The normalized spacial score (nSPS) is 14.1. The number of hydrogen-bond donors (Lipinski definition) is 2. The van der Waals surface area contributed by atoms with Crippen LogP contribution in [0.2, 0.25) is 0 Å². The standard InChI is InChI=1S/C12H20N4OS/c1-3-16-12(2,10(13)17)6-4-9-18-11-14-7-5-8-15-11/h5,7-8,16H,3-4,6,9H2,1-2H3,(H2,13,17). The van der Waals surface area contributed by atoms with Crippen molar-refractivity contribution in [1.29, 1.82) is 0 Å². The zero-order valence-corrected chi connectivity index (χ0v) is 11.7. The zero-order chi connectivity index (χ0) is 13.4. The van der Waals surface area contributed by atoms with Gasteiger partial charge < -0.3 is 11.1 Å². The van der Waals surface area contributed by atoms with Crippen LogP contribution < -0.4 is 11.1 Å². The van der Waals surface area contributed by atoms with E-state index in [9.17, 15) is 4.79 Å². The summed E-state index contributed by atoms with van der Waals surface area (Å²) in [6.07, 6.45) is 5.05. The van der Waals surface area contributed by atoms with Crippen molar-refractivity contribution in [2.45, 2.75) is 37.4 Å². The maximum atomic E-state index is 11.4. The molecule has 6 heteroatoms. The van der Waals surface area contributed by atoms with Gasteiger partial charge in [0.25, 0.3) is 0 Å². The number of carbonyl (C=O) groups excluding carboxylic acids is 1. The smallest absolute Gasteiger partial charge is 0.237 e. The Bertz CT molecular complexity index is 374. The zero-order valence-electron chi connectivity index (χ0n) is 10.8. The summed E-state index contributed by atoms with van der Waals surface area (Å²) < 4.78 is 0. The third-order valence-corrected chi connectivity index (χ3v) is 3.67. The van der Waals surface area contributed by atoms with Crippen LogP contribution in [0.3, 0.4) is 0 Å². The first kappa shape index (κ1) is 14.9. The van der Waals surface area contributed by atoms with Gasteiger partial charge in [0.1, 0.15) is 0 Å². The molecule has 0 saturated heterocycles. The molecule has 0 bridgehead atoms. The number of hydrogen-bond acceptors (Lipinski definition) is 5. The first-order chi connectivity index (χ1) is 8.58. The number of nitrogens with zero attached hydrogens (tertiary/aromatic N) is 2. The van der Waals surface area contributed by atoms with Crippen LogP contribution in [0.5, 0.6) is 0 Å². The van der Waals surface area contributed by atoms with Crippen LogP contribution in [0.15, 0.2) is 23.6 Å². The van der Waals surface area contributed by atoms with Gasteiger partial charge in [0.2, 0.25) is 5.91 Å². The molecule has 0 aliphatic carbocycles.